The van der Waals surface area contributed by atoms with Crippen molar-refractivity contribution in [2.75, 3.05) is 0 Å². The van der Waals surface area contributed by atoms with Gasteiger partial charge in [0.05, 0.1) is 0 Å². The molecule has 0 amide bonds. The summed E-state index contributed by atoms with van der Waals surface area (Å²) in [7, 11) is -23.0. The number of alkyl halides is 34. The van der Waals surface area contributed by atoms with Crippen LogP contribution in [0.2, 0.25) is 0 Å². The minimum atomic E-state index is -12.1. The molecule has 0 bridgehead atoms. The van der Waals surface area contributed by atoms with E-state index in [9.17, 15) is 158 Å². The van der Waals surface area contributed by atoms with E-state index in [-0.39, 0.29) is 0 Å². The minimum Gasteiger partial charge on any atom is -0.293 e. The highest BCUT2D eigenvalue weighted by molar-refractivity contribution is 7.91. The molecule has 0 saturated heterocycles. The molecule has 58 heavy (non-hydrogen) atoms. The zero-order valence-electron chi connectivity index (χ0n) is 24.1. The van der Waals surface area contributed by atoms with Gasteiger partial charge >= 0.3 is 109 Å². The van der Waals surface area contributed by atoms with Gasteiger partial charge in [-0.2, -0.15) is 149 Å². The molecule has 0 aromatic heterocycles. The number of rotatable bonds is 16. The van der Waals surface area contributed by atoms with Gasteiger partial charge in [-0.3, -0.25) is 13.3 Å². The SMILES string of the molecule is O=S(=O)(N(F)[Si](OC(F)(F)C(F)(F)C(F)(F)F)(OC(F)(F)C(F)(F)C(F)(F)F)OC(F)(F)C(F)(F)C(F)(F)F)C(F)(F)C(F)(F)C(F)(F)C(F)(F)C(F)(F)C(F)(F)F. The van der Waals surface area contributed by atoms with Gasteiger partial charge in [-0.1, -0.05) is 0 Å². The number of nitrogens with zero attached hydrogens (tertiary/aromatic N) is 1. The van der Waals surface area contributed by atoms with Crippen molar-refractivity contribution >= 4 is 19.0 Å². The number of sulfonamides is 1. The summed E-state index contributed by atoms with van der Waals surface area (Å²) in [5.41, 5.74) is 0. The van der Waals surface area contributed by atoms with E-state index in [0.29, 0.717) is 0 Å². The lowest BCUT2D eigenvalue weighted by Gasteiger charge is -2.43. The van der Waals surface area contributed by atoms with Crippen LogP contribution in [-0.4, -0.2) is 111 Å². The average Bonchev–Trinajstić information content (AvgIpc) is 2.92. The van der Waals surface area contributed by atoms with Gasteiger partial charge in [-0.25, -0.2) is 8.42 Å². The third-order valence-electron chi connectivity index (χ3n) is 5.59. The molecule has 6 nitrogen and oxygen atoms in total. The largest absolute Gasteiger partial charge is 0.657 e. The van der Waals surface area contributed by atoms with Gasteiger partial charge in [0.2, 0.25) is 0 Å². The van der Waals surface area contributed by atoms with E-state index in [2.05, 4.69) is 0 Å². The summed E-state index contributed by atoms with van der Waals surface area (Å²) in [6.07, 6.45) is -62.1. The fourth-order valence-electron chi connectivity index (χ4n) is 2.51. The van der Waals surface area contributed by atoms with Gasteiger partial charge in [0.1, 0.15) is 0 Å². The Bertz CT molecular complexity index is 1490. The summed E-state index contributed by atoms with van der Waals surface area (Å²) in [6.45, 7) is 0. The van der Waals surface area contributed by atoms with Gasteiger partial charge in [0, 0.05) is 4.19 Å². The standard InChI is InChI=1S/C15F35NO5SSi/c16-1(17,3(20,21)8(30,31)32)2(18,19)4(22,23)15(48,49)57(52,53)51(50)58(54-12(42,43)5(24,25)9(33,34)35,55-13(44,45)6(26,27)10(36,37)38)56-14(46,47)7(28,29)11(39,40)41. The molecule has 0 radical (unpaired) electrons. The third kappa shape index (κ3) is 8.05. The van der Waals surface area contributed by atoms with Crippen molar-refractivity contribution in [2.45, 2.75) is 89.7 Å². The molecule has 0 atom stereocenters. The zero-order valence-corrected chi connectivity index (χ0v) is 25.9. The van der Waals surface area contributed by atoms with Crippen LogP contribution in [0.4, 0.5) is 154 Å². The second-order valence-electron chi connectivity index (χ2n) is 9.63. The smallest absolute Gasteiger partial charge is 0.293 e. The molecular formula is C15F35NO5SSi. The quantitative estimate of drug-likeness (QED) is 0.0876. The summed E-state index contributed by atoms with van der Waals surface area (Å²) < 4.78 is 487. The second-order valence-corrected chi connectivity index (χ2v) is 13.8. The fourth-order valence-corrected chi connectivity index (χ4v) is 6.72. The van der Waals surface area contributed by atoms with Crippen molar-refractivity contribution < 1.29 is 175 Å². The topological polar surface area (TPSA) is 65.1 Å². The van der Waals surface area contributed by atoms with Crippen molar-refractivity contribution in [1.82, 2.24) is 4.19 Å². The van der Waals surface area contributed by atoms with Crippen LogP contribution in [0, 0.1) is 0 Å². The average molecular weight is 999 g/mol. The first-order chi connectivity index (χ1) is 24.3. The van der Waals surface area contributed by atoms with Crippen molar-refractivity contribution in [2.24, 2.45) is 0 Å². The van der Waals surface area contributed by atoms with Crippen molar-refractivity contribution in [1.29, 1.82) is 0 Å². The van der Waals surface area contributed by atoms with Crippen LogP contribution in [0.3, 0.4) is 0 Å². The molecule has 0 aliphatic carbocycles. The molecule has 0 rings (SSSR count). The highest BCUT2D eigenvalue weighted by Gasteiger charge is 2.95. The lowest BCUT2D eigenvalue weighted by molar-refractivity contribution is -0.451. The Morgan fingerprint density at radius 3 is 0.690 bits per heavy atom. The molecule has 0 aliphatic rings. The maximum Gasteiger partial charge on any atom is 0.657 e. The molecule has 0 aliphatic heterocycles. The monoisotopic (exact) mass is 999 g/mol. The lowest BCUT2D eigenvalue weighted by atomic mass is 9.98. The summed E-state index contributed by atoms with van der Waals surface area (Å²) in [6, 6.07) is 0. The van der Waals surface area contributed by atoms with Crippen LogP contribution in [0.15, 0.2) is 0 Å². The van der Waals surface area contributed by atoms with Crippen LogP contribution < -0.4 is 0 Å². The molecule has 0 unspecified atom stereocenters. The molecule has 0 N–H and O–H groups in total. The predicted octanol–water partition coefficient (Wildman–Crippen LogP) is 10.1. The lowest BCUT2D eigenvalue weighted by Crippen LogP contribution is -2.76. The first-order valence-corrected chi connectivity index (χ1v) is 14.6. The number of halogens is 35. The van der Waals surface area contributed by atoms with E-state index in [1.807, 2.05) is 0 Å². The highest BCUT2D eigenvalue weighted by Crippen LogP contribution is 2.63. The maximum absolute atomic E-state index is 15.1. The minimum absolute atomic E-state index is 1.03. The first-order valence-electron chi connectivity index (χ1n) is 11.5. The van der Waals surface area contributed by atoms with Crippen LogP contribution in [0.5, 0.6) is 0 Å². The summed E-state index contributed by atoms with van der Waals surface area (Å²) in [5.74, 6) is -65.4. The maximum atomic E-state index is 15.1. The Kier molecular flexibility index (Phi) is 13.5. The van der Waals surface area contributed by atoms with E-state index in [4.69, 9.17) is 0 Å². The van der Waals surface area contributed by atoms with Crippen LogP contribution in [0.25, 0.3) is 0 Å². The fraction of sp³-hybridized carbons (Fsp3) is 1.00. The Labute approximate surface area is 289 Å². The molecule has 0 heterocycles. The van der Waals surface area contributed by atoms with E-state index >= 15 is 4.48 Å². The Morgan fingerprint density at radius 1 is 0.310 bits per heavy atom. The van der Waals surface area contributed by atoms with Crippen LogP contribution in [0.1, 0.15) is 0 Å². The highest BCUT2D eigenvalue weighted by atomic mass is 32.2. The predicted molar refractivity (Wildman–Crippen MR) is 99.5 cm³/mol. The summed E-state index contributed by atoms with van der Waals surface area (Å²) in [5, 5.41) is -9.94. The van der Waals surface area contributed by atoms with Crippen molar-refractivity contribution in [3.63, 3.8) is 0 Å². The molecule has 43 heteroatoms. The van der Waals surface area contributed by atoms with Crippen LogP contribution >= 0.6 is 0 Å². The van der Waals surface area contributed by atoms with Crippen LogP contribution in [-0.2, 0) is 23.3 Å². The van der Waals surface area contributed by atoms with Gasteiger partial charge in [-0.05, 0) is 0 Å². The summed E-state index contributed by atoms with van der Waals surface area (Å²) >= 11 is 0. The summed E-state index contributed by atoms with van der Waals surface area (Å²) in [4.78, 5) is 0. The van der Waals surface area contributed by atoms with E-state index in [0.717, 1.165) is 13.3 Å². The number of hydrogen-bond acceptors (Lipinski definition) is 5. The number of hydrogen-bond donors (Lipinski definition) is 0. The van der Waals surface area contributed by atoms with Gasteiger partial charge in [0.25, 0.3) is 0 Å². The van der Waals surface area contributed by atoms with Gasteiger partial charge in [-0.15, -0.1) is 4.48 Å². The molecular weight excluding hydrogens is 999 g/mol. The Hall–Kier alpha value is -2.44. The molecule has 0 fully saturated rings. The Balaban J connectivity index is 9.05. The van der Waals surface area contributed by atoms with E-state index < -0.39 is 113 Å². The van der Waals surface area contributed by atoms with Crippen molar-refractivity contribution in [3.8, 4) is 0 Å². The molecule has 0 saturated carbocycles. The van der Waals surface area contributed by atoms with Crippen molar-refractivity contribution in [3.05, 3.63) is 0 Å². The third-order valence-corrected chi connectivity index (χ3v) is 10.3. The molecule has 0 aromatic rings. The van der Waals surface area contributed by atoms with Gasteiger partial charge < -0.3 is 0 Å². The van der Waals surface area contributed by atoms with Gasteiger partial charge in [0.15, 0.2) is 0 Å². The Morgan fingerprint density at radius 2 is 0.500 bits per heavy atom. The normalized spacial score (nSPS) is 17.0. The zero-order chi connectivity index (χ0) is 48.2. The van der Waals surface area contributed by atoms with E-state index in [1.165, 1.54) is 0 Å². The molecule has 0 aromatic carbocycles. The first kappa shape index (κ1) is 55.6. The van der Waals surface area contributed by atoms with E-state index in [1.54, 1.807) is 0 Å². The molecule has 0 spiro atoms. The second kappa shape index (κ2) is 14.0. The molecule has 350 valence electrons.